The molecule has 0 spiro atoms. The molecule has 3 nitrogen and oxygen atoms in total. The highest BCUT2D eigenvalue weighted by Crippen LogP contribution is 2.20. The van der Waals surface area contributed by atoms with Gasteiger partial charge in [-0.15, -0.1) is 0 Å². The third kappa shape index (κ3) is 1.87. The van der Waals surface area contributed by atoms with Gasteiger partial charge in [0.05, 0.1) is 18.2 Å². The maximum atomic E-state index is 11.3. The van der Waals surface area contributed by atoms with Crippen LogP contribution in [0, 0.1) is 21.8 Å². The molecular weight excluding hydrogens is 293 g/mol. The first kappa shape index (κ1) is 11.0. The minimum absolute atomic E-state index is 0.324. The fraction of sp³-hybridized carbons (Fsp3) is 0.200. The average molecular weight is 301 g/mol. The molecule has 0 saturated heterocycles. The zero-order valence-electron chi connectivity index (χ0n) is 7.80. The molecule has 0 N–H and O–H groups in total. The average Bonchev–Trinajstić information content (AvgIpc) is 2.20. The van der Waals surface area contributed by atoms with Crippen molar-refractivity contribution in [3.8, 4) is 6.07 Å². The molecule has 0 aliphatic heterocycles. The van der Waals surface area contributed by atoms with Gasteiger partial charge in [-0.1, -0.05) is 6.07 Å². The van der Waals surface area contributed by atoms with Gasteiger partial charge in [0.1, 0.15) is 6.07 Å². The highest BCUT2D eigenvalue weighted by molar-refractivity contribution is 14.1. The minimum atomic E-state index is -0.473. The summed E-state index contributed by atoms with van der Waals surface area (Å²) in [4.78, 5) is 11.3. The van der Waals surface area contributed by atoms with Crippen LogP contribution in [0.5, 0.6) is 0 Å². The third-order valence-electron chi connectivity index (χ3n) is 1.85. The largest absolute Gasteiger partial charge is 0.465 e. The zero-order valence-corrected chi connectivity index (χ0v) is 9.95. The number of rotatable bonds is 1. The van der Waals surface area contributed by atoms with Crippen molar-refractivity contribution in [3.05, 3.63) is 32.4 Å². The molecule has 0 fully saturated rings. The predicted octanol–water partition coefficient (Wildman–Crippen LogP) is 2.26. The molecular formula is C10H8INO2. The van der Waals surface area contributed by atoms with Crippen LogP contribution in [0.15, 0.2) is 12.1 Å². The van der Waals surface area contributed by atoms with E-state index in [0.717, 1.165) is 9.13 Å². The number of carbonyl (C=O) groups is 1. The van der Waals surface area contributed by atoms with Crippen molar-refractivity contribution in [3.63, 3.8) is 0 Å². The van der Waals surface area contributed by atoms with Crippen molar-refractivity contribution in [1.29, 1.82) is 5.26 Å². The van der Waals surface area contributed by atoms with E-state index in [-0.39, 0.29) is 0 Å². The molecule has 0 unspecified atom stereocenters. The second-order valence-corrected chi connectivity index (χ2v) is 3.80. The molecule has 0 heterocycles. The molecule has 0 amide bonds. The van der Waals surface area contributed by atoms with E-state index in [4.69, 9.17) is 5.26 Å². The summed E-state index contributed by atoms with van der Waals surface area (Å²) in [7, 11) is 1.30. The highest BCUT2D eigenvalue weighted by atomic mass is 127. The van der Waals surface area contributed by atoms with E-state index in [0.29, 0.717) is 11.1 Å². The molecule has 0 aliphatic rings. The summed E-state index contributed by atoms with van der Waals surface area (Å²) in [6.07, 6.45) is 0. The van der Waals surface area contributed by atoms with E-state index in [1.807, 2.05) is 35.6 Å². The monoisotopic (exact) mass is 301 g/mol. The molecule has 72 valence electrons. The number of nitriles is 1. The van der Waals surface area contributed by atoms with Crippen LogP contribution < -0.4 is 0 Å². The lowest BCUT2D eigenvalue weighted by Gasteiger charge is -2.05. The van der Waals surface area contributed by atoms with Crippen LogP contribution in [0.25, 0.3) is 0 Å². The number of aryl methyl sites for hydroxylation is 1. The molecule has 14 heavy (non-hydrogen) atoms. The van der Waals surface area contributed by atoms with Crippen molar-refractivity contribution in [1.82, 2.24) is 0 Å². The maximum Gasteiger partial charge on any atom is 0.339 e. The summed E-state index contributed by atoms with van der Waals surface area (Å²) in [5.74, 6) is -0.473. The summed E-state index contributed by atoms with van der Waals surface area (Å²) < 4.78 is 5.38. The van der Waals surface area contributed by atoms with Gasteiger partial charge in [-0.25, -0.2) is 4.79 Å². The van der Waals surface area contributed by atoms with Gasteiger partial charge in [0.2, 0.25) is 0 Å². The summed E-state index contributed by atoms with van der Waals surface area (Å²) in [6.45, 7) is 1.89. The number of ether oxygens (including phenoxy) is 1. The second-order valence-electron chi connectivity index (χ2n) is 2.72. The first-order chi connectivity index (χ1) is 6.61. The van der Waals surface area contributed by atoms with E-state index in [1.165, 1.54) is 7.11 Å². The Bertz CT molecular complexity index is 421. The number of halogens is 1. The third-order valence-corrected chi connectivity index (χ3v) is 3.24. The molecule has 0 aliphatic carbocycles. The van der Waals surface area contributed by atoms with Crippen molar-refractivity contribution in [2.45, 2.75) is 6.92 Å². The Labute approximate surface area is 95.8 Å². The number of methoxy groups -OCH3 is 1. The Hall–Kier alpha value is -1.09. The Morgan fingerprint density at radius 3 is 2.71 bits per heavy atom. The normalized spacial score (nSPS) is 9.29. The minimum Gasteiger partial charge on any atom is -0.465 e. The topological polar surface area (TPSA) is 50.1 Å². The molecule has 0 bridgehead atoms. The first-order valence-corrected chi connectivity index (χ1v) is 4.97. The van der Waals surface area contributed by atoms with Crippen LogP contribution >= 0.6 is 22.6 Å². The Balaban J connectivity index is 3.40. The molecule has 0 radical (unpaired) electrons. The standard InChI is InChI=1S/C10H8INO2/c1-6-3-4-7(10(13)14-2)8(5-12)9(6)11/h3-4H,1-2H3. The van der Waals surface area contributed by atoms with E-state index in [9.17, 15) is 4.79 Å². The number of hydrogen-bond acceptors (Lipinski definition) is 3. The van der Waals surface area contributed by atoms with Crippen molar-refractivity contribution in [2.75, 3.05) is 7.11 Å². The van der Waals surface area contributed by atoms with Gasteiger partial charge in [0.15, 0.2) is 0 Å². The molecule has 1 aromatic rings. The van der Waals surface area contributed by atoms with Gasteiger partial charge in [0, 0.05) is 3.57 Å². The molecule has 0 aromatic heterocycles. The second kappa shape index (κ2) is 4.42. The van der Waals surface area contributed by atoms with E-state index in [1.54, 1.807) is 12.1 Å². The number of esters is 1. The quantitative estimate of drug-likeness (QED) is 0.590. The summed E-state index contributed by atoms with van der Waals surface area (Å²) in [5.41, 5.74) is 1.69. The fourth-order valence-corrected chi connectivity index (χ4v) is 1.66. The Morgan fingerprint density at radius 1 is 1.57 bits per heavy atom. The molecule has 4 heteroatoms. The van der Waals surface area contributed by atoms with Crippen LogP contribution in [0.4, 0.5) is 0 Å². The Kier molecular flexibility index (Phi) is 3.47. The summed E-state index contributed by atoms with van der Waals surface area (Å²) in [5, 5.41) is 8.91. The zero-order chi connectivity index (χ0) is 10.7. The van der Waals surface area contributed by atoms with Gasteiger partial charge in [-0.05, 0) is 41.1 Å². The van der Waals surface area contributed by atoms with Crippen LogP contribution in [-0.2, 0) is 4.74 Å². The van der Waals surface area contributed by atoms with Gasteiger partial charge < -0.3 is 4.74 Å². The van der Waals surface area contributed by atoms with Crippen molar-refractivity contribution >= 4 is 28.6 Å². The lowest BCUT2D eigenvalue weighted by Crippen LogP contribution is -2.06. The molecule has 1 rings (SSSR count). The van der Waals surface area contributed by atoms with Crippen molar-refractivity contribution in [2.24, 2.45) is 0 Å². The Morgan fingerprint density at radius 2 is 2.21 bits per heavy atom. The van der Waals surface area contributed by atoms with Gasteiger partial charge in [0.25, 0.3) is 0 Å². The summed E-state index contributed by atoms with van der Waals surface area (Å²) >= 11 is 2.05. The number of carbonyl (C=O) groups excluding carboxylic acids is 1. The van der Waals surface area contributed by atoms with Gasteiger partial charge in [-0.2, -0.15) is 5.26 Å². The highest BCUT2D eigenvalue weighted by Gasteiger charge is 2.15. The van der Waals surface area contributed by atoms with Crippen LogP contribution in [-0.4, -0.2) is 13.1 Å². The van der Waals surface area contributed by atoms with E-state index < -0.39 is 5.97 Å². The molecule has 1 aromatic carbocycles. The lowest BCUT2D eigenvalue weighted by molar-refractivity contribution is 0.0600. The van der Waals surface area contributed by atoms with E-state index >= 15 is 0 Å². The van der Waals surface area contributed by atoms with Crippen LogP contribution in [0.1, 0.15) is 21.5 Å². The number of benzene rings is 1. The van der Waals surface area contributed by atoms with Crippen LogP contribution in [0.2, 0.25) is 0 Å². The van der Waals surface area contributed by atoms with Gasteiger partial charge >= 0.3 is 5.97 Å². The molecule has 0 saturated carbocycles. The van der Waals surface area contributed by atoms with Gasteiger partial charge in [-0.3, -0.25) is 0 Å². The predicted molar refractivity (Wildman–Crippen MR) is 60.0 cm³/mol. The number of nitrogens with zero attached hydrogens (tertiary/aromatic N) is 1. The lowest BCUT2D eigenvalue weighted by atomic mass is 10.1. The van der Waals surface area contributed by atoms with E-state index in [2.05, 4.69) is 4.74 Å². The summed E-state index contributed by atoms with van der Waals surface area (Å²) in [6, 6.07) is 5.43. The smallest absolute Gasteiger partial charge is 0.339 e. The molecule has 0 atom stereocenters. The fourth-order valence-electron chi connectivity index (χ4n) is 1.07. The van der Waals surface area contributed by atoms with Crippen LogP contribution in [0.3, 0.4) is 0 Å². The number of hydrogen-bond donors (Lipinski definition) is 0. The SMILES string of the molecule is COC(=O)c1ccc(C)c(I)c1C#N. The maximum absolute atomic E-state index is 11.3. The first-order valence-electron chi connectivity index (χ1n) is 3.89. The van der Waals surface area contributed by atoms with Crippen molar-refractivity contribution < 1.29 is 9.53 Å².